The summed E-state index contributed by atoms with van der Waals surface area (Å²) in [5, 5.41) is 12.8. The van der Waals surface area contributed by atoms with Crippen LogP contribution in [0.25, 0.3) is 22.5 Å². The number of pyridine rings is 2. The van der Waals surface area contributed by atoms with Gasteiger partial charge in [0, 0.05) is 41.6 Å². The summed E-state index contributed by atoms with van der Waals surface area (Å²) in [5.41, 5.74) is 5.00. The highest BCUT2D eigenvalue weighted by atomic mass is 35.5. The monoisotopic (exact) mass is 497 g/mol. The number of carboxylic acid groups (broad SMARTS) is 1. The molecule has 0 spiro atoms. The van der Waals surface area contributed by atoms with Crippen LogP contribution < -0.4 is 5.32 Å². The van der Waals surface area contributed by atoms with Crippen molar-refractivity contribution >= 4 is 29.1 Å². The van der Waals surface area contributed by atoms with Crippen LogP contribution in [0.2, 0.25) is 5.15 Å². The summed E-state index contributed by atoms with van der Waals surface area (Å²) in [6.45, 7) is 1.90. The number of carbonyl (C=O) groups is 1. The summed E-state index contributed by atoms with van der Waals surface area (Å²) in [4.78, 5) is 35.5. The summed E-state index contributed by atoms with van der Waals surface area (Å²) < 4.78 is 0. The molecule has 0 saturated carbocycles. The Balaban J connectivity index is 0.000000197. The number of rotatable bonds is 5. The van der Waals surface area contributed by atoms with Crippen molar-refractivity contribution in [2.24, 2.45) is 0 Å². The standard InChI is InChI=1S/C17H14N4O2.C9H6ClN3/c1-11-4-5-12(17(22)23)9-15(11)21-16-13(3-2-7-19-16)14-6-8-18-10-20-14;10-9-7(2-1-4-12-9)8-3-5-11-6-13-8/h2-10H,1H3,(H,19,21)(H,22,23);1-6H. The lowest BCUT2D eigenvalue weighted by atomic mass is 10.1. The van der Waals surface area contributed by atoms with Gasteiger partial charge in [-0.3, -0.25) is 0 Å². The highest BCUT2D eigenvalue weighted by Gasteiger charge is 2.11. The first-order valence-electron chi connectivity index (χ1n) is 10.7. The molecule has 0 saturated heterocycles. The maximum Gasteiger partial charge on any atom is 0.335 e. The fourth-order valence-electron chi connectivity index (χ4n) is 3.21. The molecule has 0 amide bonds. The molecule has 5 aromatic rings. The number of aromatic carboxylic acids is 1. The van der Waals surface area contributed by atoms with Crippen LogP contribution >= 0.6 is 11.6 Å². The van der Waals surface area contributed by atoms with Crippen molar-refractivity contribution < 1.29 is 9.90 Å². The van der Waals surface area contributed by atoms with E-state index < -0.39 is 5.97 Å². The lowest BCUT2D eigenvalue weighted by Gasteiger charge is -2.13. The van der Waals surface area contributed by atoms with Gasteiger partial charge in [0.15, 0.2) is 0 Å². The molecule has 2 N–H and O–H groups in total. The molecule has 0 atom stereocenters. The van der Waals surface area contributed by atoms with E-state index in [0.717, 1.165) is 28.1 Å². The molecule has 0 aliphatic heterocycles. The molecule has 0 aliphatic carbocycles. The number of halogens is 1. The van der Waals surface area contributed by atoms with Crippen molar-refractivity contribution in [1.82, 2.24) is 29.9 Å². The van der Waals surface area contributed by atoms with Crippen molar-refractivity contribution in [1.29, 1.82) is 0 Å². The van der Waals surface area contributed by atoms with Gasteiger partial charge < -0.3 is 10.4 Å². The minimum atomic E-state index is -0.968. The Morgan fingerprint density at radius 3 is 2.06 bits per heavy atom. The smallest absolute Gasteiger partial charge is 0.335 e. The summed E-state index contributed by atoms with van der Waals surface area (Å²) in [7, 11) is 0. The third-order valence-corrected chi connectivity index (χ3v) is 5.32. The van der Waals surface area contributed by atoms with Crippen molar-refractivity contribution in [3.8, 4) is 22.5 Å². The third-order valence-electron chi connectivity index (χ3n) is 5.02. The highest BCUT2D eigenvalue weighted by Crippen LogP contribution is 2.28. The van der Waals surface area contributed by atoms with Crippen LogP contribution in [0.3, 0.4) is 0 Å². The molecular weight excluding hydrogens is 478 g/mol. The maximum absolute atomic E-state index is 11.1. The summed E-state index contributed by atoms with van der Waals surface area (Å²) in [6, 6.07) is 15.9. The average molecular weight is 498 g/mol. The van der Waals surface area contributed by atoms with Gasteiger partial charge in [0.05, 0.1) is 17.0 Å². The van der Waals surface area contributed by atoms with Crippen LogP contribution in [-0.4, -0.2) is 41.0 Å². The molecule has 0 bridgehead atoms. The molecule has 0 aliphatic rings. The number of aryl methyl sites for hydroxylation is 1. The van der Waals surface area contributed by atoms with Gasteiger partial charge >= 0.3 is 5.97 Å². The lowest BCUT2D eigenvalue weighted by Crippen LogP contribution is -2.02. The first-order valence-corrected chi connectivity index (χ1v) is 11.1. The van der Waals surface area contributed by atoms with Crippen LogP contribution in [0.1, 0.15) is 15.9 Å². The SMILES string of the molecule is Cc1ccc(C(=O)O)cc1Nc1ncccc1-c1ccncn1.Clc1ncccc1-c1ccncn1. The predicted molar refractivity (Wildman–Crippen MR) is 137 cm³/mol. The normalized spacial score (nSPS) is 10.2. The number of nitrogens with zero attached hydrogens (tertiary/aromatic N) is 6. The van der Waals surface area contributed by atoms with Crippen molar-refractivity contribution in [3.05, 3.63) is 108 Å². The molecule has 1 aromatic carbocycles. The third kappa shape index (κ3) is 6.02. The van der Waals surface area contributed by atoms with Crippen molar-refractivity contribution in [3.63, 3.8) is 0 Å². The van der Waals surface area contributed by atoms with Crippen LogP contribution in [0.5, 0.6) is 0 Å². The minimum absolute atomic E-state index is 0.220. The van der Waals surface area contributed by atoms with Gasteiger partial charge in [-0.2, -0.15) is 0 Å². The summed E-state index contributed by atoms with van der Waals surface area (Å²) in [6.07, 6.45) is 9.61. The number of nitrogens with one attached hydrogen (secondary N) is 1. The molecule has 5 rings (SSSR count). The van der Waals surface area contributed by atoms with Crippen LogP contribution in [0.15, 0.2) is 92.0 Å². The van der Waals surface area contributed by atoms with Gasteiger partial charge in [-0.1, -0.05) is 17.7 Å². The zero-order valence-electron chi connectivity index (χ0n) is 19.1. The van der Waals surface area contributed by atoms with Gasteiger partial charge in [-0.05, 0) is 61.0 Å². The van der Waals surface area contributed by atoms with Gasteiger partial charge in [-0.15, -0.1) is 0 Å². The van der Waals surface area contributed by atoms with E-state index in [-0.39, 0.29) is 5.56 Å². The Bertz CT molecular complexity index is 1470. The van der Waals surface area contributed by atoms with Crippen LogP contribution in [0.4, 0.5) is 11.5 Å². The van der Waals surface area contributed by atoms with E-state index in [1.54, 1.807) is 55.1 Å². The predicted octanol–water partition coefficient (Wildman–Crippen LogP) is 5.48. The number of hydrogen-bond donors (Lipinski definition) is 2. The van der Waals surface area contributed by atoms with Crippen molar-refractivity contribution in [2.45, 2.75) is 6.92 Å². The maximum atomic E-state index is 11.1. The first-order chi connectivity index (χ1) is 17.5. The Labute approximate surface area is 212 Å². The van der Waals surface area contributed by atoms with Gasteiger partial charge in [0.2, 0.25) is 0 Å². The van der Waals surface area contributed by atoms with E-state index in [1.165, 1.54) is 12.7 Å². The first kappa shape index (κ1) is 24.4. The molecule has 178 valence electrons. The number of hydrogen-bond acceptors (Lipinski definition) is 8. The molecule has 36 heavy (non-hydrogen) atoms. The second-order valence-corrected chi connectivity index (χ2v) is 7.75. The second-order valence-electron chi connectivity index (χ2n) is 7.39. The van der Waals surface area contributed by atoms with Gasteiger partial charge in [0.1, 0.15) is 23.6 Å². The van der Waals surface area contributed by atoms with Crippen LogP contribution in [-0.2, 0) is 0 Å². The fourth-order valence-corrected chi connectivity index (χ4v) is 3.42. The topological polar surface area (TPSA) is 127 Å². The zero-order chi connectivity index (χ0) is 25.3. The lowest BCUT2D eigenvalue weighted by molar-refractivity contribution is 0.0697. The second kappa shape index (κ2) is 11.6. The number of aromatic nitrogens is 6. The van der Waals surface area contributed by atoms with E-state index >= 15 is 0 Å². The summed E-state index contributed by atoms with van der Waals surface area (Å²) in [5.74, 6) is -0.359. The Morgan fingerprint density at radius 2 is 1.44 bits per heavy atom. The van der Waals surface area contributed by atoms with Gasteiger partial charge in [-0.25, -0.2) is 34.7 Å². The number of carboxylic acids is 1. The molecule has 0 radical (unpaired) electrons. The molecule has 0 fully saturated rings. The van der Waals surface area contributed by atoms with E-state index in [9.17, 15) is 4.79 Å². The number of benzene rings is 1. The molecule has 10 heteroatoms. The molecule has 9 nitrogen and oxygen atoms in total. The minimum Gasteiger partial charge on any atom is -0.478 e. The van der Waals surface area contributed by atoms with E-state index in [2.05, 4.69) is 35.2 Å². The highest BCUT2D eigenvalue weighted by molar-refractivity contribution is 6.32. The largest absolute Gasteiger partial charge is 0.478 e. The Kier molecular flexibility index (Phi) is 7.84. The van der Waals surface area contributed by atoms with Gasteiger partial charge in [0.25, 0.3) is 0 Å². The van der Waals surface area contributed by atoms with Crippen molar-refractivity contribution in [2.75, 3.05) is 5.32 Å². The molecule has 4 heterocycles. The quantitative estimate of drug-likeness (QED) is 0.303. The fraction of sp³-hybridized carbons (Fsp3) is 0.0385. The summed E-state index contributed by atoms with van der Waals surface area (Å²) >= 11 is 5.89. The molecule has 4 aromatic heterocycles. The molecule has 0 unspecified atom stereocenters. The Hall–Kier alpha value is -4.76. The van der Waals surface area contributed by atoms with E-state index in [4.69, 9.17) is 16.7 Å². The van der Waals surface area contributed by atoms with E-state index in [0.29, 0.717) is 16.7 Å². The van der Waals surface area contributed by atoms with E-state index in [1.807, 2.05) is 31.2 Å². The molecular formula is C26H20ClN7O2. The van der Waals surface area contributed by atoms with Crippen LogP contribution in [0, 0.1) is 6.92 Å². The Morgan fingerprint density at radius 1 is 0.806 bits per heavy atom. The number of anilines is 2. The zero-order valence-corrected chi connectivity index (χ0v) is 19.8. The average Bonchev–Trinajstić information content (AvgIpc) is 2.92.